The van der Waals surface area contributed by atoms with Gasteiger partial charge in [0.15, 0.2) is 6.20 Å². The summed E-state index contributed by atoms with van der Waals surface area (Å²) in [6, 6.07) is 17.9. The maximum absolute atomic E-state index is 2.67. The summed E-state index contributed by atoms with van der Waals surface area (Å²) in [4.78, 5) is 0. The highest BCUT2D eigenvalue weighted by Crippen LogP contribution is 2.44. The molecule has 0 amide bonds. The molecule has 0 spiro atoms. The predicted octanol–water partition coefficient (Wildman–Crippen LogP) is 10.2. The van der Waals surface area contributed by atoms with E-state index in [1.165, 1.54) is 104 Å². The highest BCUT2D eigenvalue weighted by molar-refractivity contribution is 6.94. The fraction of sp³-hybridized carbons (Fsp3) is 0.595. The quantitative estimate of drug-likeness (QED) is 0.216. The van der Waals surface area contributed by atoms with Crippen LogP contribution in [0.5, 0.6) is 0 Å². The minimum atomic E-state index is -1.63. The molecule has 1 nitrogen and oxygen atoms in total. The Morgan fingerprint density at radius 2 is 1.41 bits per heavy atom. The third-order valence-corrected chi connectivity index (χ3v) is 17.9. The first-order chi connectivity index (χ1) is 18.7. The number of rotatable bonds is 6. The Morgan fingerprint density at radius 3 is 2.00 bits per heavy atom. The second kappa shape index (κ2) is 11.5. The van der Waals surface area contributed by atoms with Crippen molar-refractivity contribution >= 4 is 24.0 Å². The second-order valence-corrected chi connectivity index (χ2v) is 19.7. The van der Waals surface area contributed by atoms with Crippen molar-refractivity contribution < 1.29 is 4.57 Å². The third-order valence-electron chi connectivity index (χ3n) is 11.2. The molecule has 3 aromatic rings. The van der Waals surface area contributed by atoms with Gasteiger partial charge >= 0.3 is 0 Å². The van der Waals surface area contributed by atoms with E-state index in [2.05, 4.69) is 95.8 Å². The molecule has 2 aliphatic carbocycles. The summed E-state index contributed by atoms with van der Waals surface area (Å²) in [5.41, 5.74) is 7.74. The first-order valence-electron chi connectivity index (χ1n) is 16.3. The molecule has 5 rings (SSSR count). The van der Waals surface area contributed by atoms with Crippen molar-refractivity contribution in [2.24, 2.45) is 7.05 Å². The van der Waals surface area contributed by atoms with E-state index < -0.39 is 8.07 Å². The lowest BCUT2D eigenvalue weighted by molar-refractivity contribution is -0.659. The number of benzene rings is 2. The van der Waals surface area contributed by atoms with E-state index in [1.807, 2.05) is 0 Å². The highest BCUT2D eigenvalue weighted by Gasteiger charge is 2.43. The van der Waals surface area contributed by atoms with Crippen LogP contribution in [-0.2, 0) is 7.05 Å². The Hall–Kier alpha value is -1.93. The summed E-state index contributed by atoms with van der Waals surface area (Å²) in [6.45, 7) is 14.8. The maximum Gasteiger partial charge on any atom is 0.220 e. The Morgan fingerprint density at radius 1 is 0.795 bits per heavy atom. The highest BCUT2D eigenvalue weighted by atomic mass is 28.3. The van der Waals surface area contributed by atoms with Gasteiger partial charge in [-0.1, -0.05) is 109 Å². The molecule has 0 atom stereocenters. The van der Waals surface area contributed by atoms with Crippen LogP contribution in [0, 0.1) is 6.92 Å². The fourth-order valence-corrected chi connectivity index (χ4v) is 13.8. The average molecular weight is 541 g/mol. The molecule has 1 heterocycles. The number of pyridine rings is 1. The van der Waals surface area contributed by atoms with Gasteiger partial charge in [0, 0.05) is 6.07 Å². The van der Waals surface area contributed by atoms with Crippen LogP contribution in [0.1, 0.15) is 127 Å². The minimum absolute atomic E-state index is 0.353. The van der Waals surface area contributed by atoms with Crippen LogP contribution in [0.25, 0.3) is 22.0 Å². The molecule has 210 valence electrons. The van der Waals surface area contributed by atoms with E-state index in [-0.39, 0.29) is 0 Å². The summed E-state index contributed by atoms with van der Waals surface area (Å²) in [7, 11) is 0.636. The molecule has 2 fully saturated rings. The van der Waals surface area contributed by atoms with Gasteiger partial charge in [0.05, 0.1) is 19.0 Å². The number of aryl methyl sites for hydroxylation is 1. The van der Waals surface area contributed by atoms with Gasteiger partial charge in [-0.15, -0.1) is 0 Å². The summed E-state index contributed by atoms with van der Waals surface area (Å²) >= 11 is 0. The van der Waals surface area contributed by atoms with Crippen LogP contribution in [0.3, 0.4) is 0 Å². The lowest BCUT2D eigenvalue weighted by Crippen LogP contribution is -2.53. The van der Waals surface area contributed by atoms with E-state index in [0.717, 1.165) is 11.8 Å². The van der Waals surface area contributed by atoms with Gasteiger partial charge in [-0.25, -0.2) is 4.57 Å². The maximum atomic E-state index is 2.67. The standard InChI is InChI=1S/C37H54NSi/c1-8-39(9-2,37(4,5)6)32-20-21-33-30(24-32)22-23-38(7)36(33)35-26-31(28-16-12-10-13-17-28)25-34(27(35)3)29-18-14-11-15-19-29/h20-26,28-29H,8-19H2,1-7H3/q+1. The number of hydrogen-bond acceptors (Lipinski definition) is 0. The molecule has 39 heavy (non-hydrogen) atoms. The molecule has 2 saturated carbocycles. The SMILES string of the molecule is CC[Si](CC)(c1ccc2c(-c3cc(C4CCCCC4)cc(C4CCCCC4)c3C)[n+](C)ccc2c1)C(C)(C)C. The smallest absolute Gasteiger partial charge is 0.200 e. The molecule has 2 aliphatic rings. The zero-order valence-corrected chi connectivity index (χ0v) is 27.1. The van der Waals surface area contributed by atoms with Crippen molar-refractivity contribution in [1.82, 2.24) is 0 Å². The van der Waals surface area contributed by atoms with Crippen LogP contribution >= 0.6 is 0 Å². The number of aromatic nitrogens is 1. The zero-order valence-electron chi connectivity index (χ0n) is 26.1. The summed E-state index contributed by atoms with van der Waals surface area (Å²) in [5, 5.41) is 4.84. The van der Waals surface area contributed by atoms with Crippen molar-refractivity contribution in [3.8, 4) is 11.3 Å². The van der Waals surface area contributed by atoms with Crippen LogP contribution in [0.15, 0.2) is 42.6 Å². The molecular formula is C37H54NSi+. The predicted molar refractivity (Wildman–Crippen MR) is 173 cm³/mol. The van der Waals surface area contributed by atoms with E-state index >= 15 is 0 Å². The minimum Gasteiger partial charge on any atom is -0.200 e. The van der Waals surface area contributed by atoms with Gasteiger partial charge in [0.1, 0.15) is 7.05 Å². The topological polar surface area (TPSA) is 3.88 Å². The molecule has 0 aliphatic heterocycles. The Balaban J connectivity index is 1.70. The lowest BCUT2D eigenvalue weighted by Gasteiger charge is -2.42. The Kier molecular flexibility index (Phi) is 8.44. The lowest BCUT2D eigenvalue weighted by atomic mass is 9.76. The van der Waals surface area contributed by atoms with Gasteiger partial charge in [0.2, 0.25) is 5.69 Å². The van der Waals surface area contributed by atoms with E-state index in [4.69, 9.17) is 0 Å². The van der Waals surface area contributed by atoms with E-state index in [1.54, 1.807) is 16.3 Å². The normalized spacial score (nSPS) is 18.1. The van der Waals surface area contributed by atoms with Gasteiger partial charge in [-0.3, -0.25) is 0 Å². The molecule has 0 bridgehead atoms. The molecule has 0 radical (unpaired) electrons. The molecule has 2 heteroatoms. The van der Waals surface area contributed by atoms with Gasteiger partial charge in [0.25, 0.3) is 0 Å². The Labute approximate surface area is 240 Å². The van der Waals surface area contributed by atoms with Crippen LogP contribution in [-0.4, -0.2) is 8.07 Å². The van der Waals surface area contributed by atoms with Gasteiger partial charge < -0.3 is 0 Å². The monoisotopic (exact) mass is 540 g/mol. The second-order valence-electron chi connectivity index (χ2n) is 14.1. The number of nitrogens with zero attached hydrogens (tertiary/aromatic N) is 1. The van der Waals surface area contributed by atoms with Crippen molar-refractivity contribution in [3.63, 3.8) is 0 Å². The summed E-state index contributed by atoms with van der Waals surface area (Å²) in [5.74, 6) is 1.47. The van der Waals surface area contributed by atoms with Crippen LogP contribution < -0.4 is 9.75 Å². The largest absolute Gasteiger partial charge is 0.220 e. The molecular weight excluding hydrogens is 487 g/mol. The molecule has 0 unspecified atom stereocenters. The van der Waals surface area contributed by atoms with Crippen LogP contribution in [0.2, 0.25) is 17.1 Å². The molecule has 0 N–H and O–H groups in total. The number of hydrogen-bond donors (Lipinski definition) is 0. The van der Waals surface area contributed by atoms with Gasteiger partial charge in [-0.05, 0) is 83.7 Å². The summed E-state index contributed by atoms with van der Waals surface area (Å²) < 4.78 is 2.41. The van der Waals surface area contributed by atoms with Crippen molar-refractivity contribution in [3.05, 3.63) is 59.3 Å². The van der Waals surface area contributed by atoms with Crippen LogP contribution in [0.4, 0.5) is 0 Å². The zero-order chi connectivity index (χ0) is 27.8. The number of fused-ring (bicyclic) bond motifs is 1. The summed E-state index contributed by atoms with van der Waals surface area (Å²) in [6.07, 6.45) is 16.2. The molecule has 2 aromatic carbocycles. The van der Waals surface area contributed by atoms with Gasteiger partial charge in [-0.2, -0.15) is 0 Å². The van der Waals surface area contributed by atoms with Crippen molar-refractivity contribution in [2.45, 2.75) is 135 Å². The van der Waals surface area contributed by atoms with E-state index in [9.17, 15) is 0 Å². The average Bonchev–Trinajstić information content (AvgIpc) is 2.94. The Bertz CT molecular complexity index is 1300. The molecule has 0 saturated heterocycles. The third kappa shape index (κ3) is 5.28. The first kappa shape index (κ1) is 28.6. The van der Waals surface area contributed by atoms with E-state index in [0.29, 0.717) is 5.04 Å². The molecule has 1 aromatic heterocycles. The van der Waals surface area contributed by atoms with Crippen molar-refractivity contribution in [2.75, 3.05) is 0 Å². The fourth-order valence-electron chi connectivity index (χ4n) is 8.67. The van der Waals surface area contributed by atoms with Crippen molar-refractivity contribution in [1.29, 1.82) is 0 Å². The first-order valence-corrected chi connectivity index (χ1v) is 18.7.